The second-order valence-corrected chi connectivity index (χ2v) is 5.55. The summed E-state index contributed by atoms with van der Waals surface area (Å²) >= 11 is 1.49. The average molecular weight is 268 g/mol. The Kier molecular flexibility index (Phi) is 4.68. The first-order chi connectivity index (χ1) is 8.67. The van der Waals surface area contributed by atoms with E-state index in [4.69, 9.17) is 0 Å². The van der Waals surface area contributed by atoms with Crippen molar-refractivity contribution in [3.8, 4) is 0 Å². The van der Waals surface area contributed by atoms with Crippen molar-refractivity contribution in [1.29, 1.82) is 0 Å². The number of anilines is 1. The van der Waals surface area contributed by atoms with Crippen molar-refractivity contribution in [2.75, 3.05) is 25.5 Å². The van der Waals surface area contributed by atoms with Crippen molar-refractivity contribution in [1.82, 2.24) is 15.2 Å². The van der Waals surface area contributed by atoms with E-state index in [0.29, 0.717) is 11.2 Å². The number of hydrogen-bond acceptors (Lipinski definition) is 5. The molecule has 1 aromatic heterocycles. The van der Waals surface area contributed by atoms with Crippen LogP contribution in [-0.2, 0) is 11.3 Å². The van der Waals surface area contributed by atoms with E-state index in [9.17, 15) is 4.79 Å². The standard InChI is InChI=1S/C12H20N4OS/c1-9(17)14-12-15-11(8-18-12)7-16-5-3-4-10(6-16)13-2/h8,10,13H,3-7H2,1-2H3,(H,14,15,17). The molecule has 2 N–H and O–H groups in total. The maximum absolute atomic E-state index is 10.9. The predicted octanol–water partition coefficient (Wildman–Crippen LogP) is 1.29. The number of thiazole rings is 1. The molecular formula is C12H20N4OS. The summed E-state index contributed by atoms with van der Waals surface area (Å²) in [6.45, 7) is 4.58. The van der Waals surface area contributed by atoms with Crippen molar-refractivity contribution < 1.29 is 4.79 Å². The van der Waals surface area contributed by atoms with Crippen LogP contribution in [0.3, 0.4) is 0 Å². The molecular weight excluding hydrogens is 248 g/mol. The molecule has 2 heterocycles. The smallest absolute Gasteiger partial charge is 0.223 e. The van der Waals surface area contributed by atoms with Gasteiger partial charge in [-0.15, -0.1) is 11.3 Å². The Balaban J connectivity index is 1.88. The highest BCUT2D eigenvalue weighted by molar-refractivity contribution is 7.13. The normalized spacial score (nSPS) is 20.9. The van der Waals surface area contributed by atoms with Crippen LogP contribution in [0, 0.1) is 0 Å². The third-order valence-electron chi connectivity index (χ3n) is 3.13. The molecule has 0 spiro atoms. The zero-order valence-electron chi connectivity index (χ0n) is 10.9. The van der Waals surface area contributed by atoms with Gasteiger partial charge in [0.15, 0.2) is 5.13 Å². The summed E-state index contributed by atoms with van der Waals surface area (Å²) < 4.78 is 0. The van der Waals surface area contributed by atoms with Crippen LogP contribution in [0.1, 0.15) is 25.5 Å². The van der Waals surface area contributed by atoms with Gasteiger partial charge in [0, 0.05) is 31.4 Å². The minimum Gasteiger partial charge on any atom is -0.316 e. The summed E-state index contributed by atoms with van der Waals surface area (Å²) in [5.74, 6) is -0.0656. The number of aromatic nitrogens is 1. The number of hydrogen-bond donors (Lipinski definition) is 2. The van der Waals surface area contributed by atoms with E-state index in [1.165, 1.54) is 31.1 Å². The van der Waals surface area contributed by atoms with Crippen LogP contribution in [0.15, 0.2) is 5.38 Å². The number of rotatable bonds is 4. The van der Waals surface area contributed by atoms with Gasteiger partial charge in [-0.1, -0.05) is 0 Å². The first-order valence-corrected chi connectivity index (χ1v) is 7.17. The number of carbonyl (C=O) groups is 1. The molecule has 1 aromatic rings. The van der Waals surface area contributed by atoms with Gasteiger partial charge in [-0.25, -0.2) is 4.98 Å². The van der Waals surface area contributed by atoms with Gasteiger partial charge in [-0.2, -0.15) is 0 Å². The van der Waals surface area contributed by atoms with Gasteiger partial charge in [-0.05, 0) is 26.4 Å². The molecule has 6 heteroatoms. The van der Waals surface area contributed by atoms with Crippen LogP contribution in [0.25, 0.3) is 0 Å². The van der Waals surface area contributed by atoms with Gasteiger partial charge < -0.3 is 10.6 Å². The molecule has 5 nitrogen and oxygen atoms in total. The first kappa shape index (κ1) is 13.5. The number of nitrogens with zero attached hydrogens (tertiary/aromatic N) is 2. The molecule has 1 saturated heterocycles. The molecule has 1 amide bonds. The number of nitrogens with one attached hydrogen (secondary N) is 2. The highest BCUT2D eigenvalue weighted by Crippen LogP contribution is 2.18. The molecule has 100 valence electrons. The Morgan fingerprint density at radius 3 is 3.22 bits per heavy atom. The SMILES string of the molecule is CNC1CCCN(Cc2csc(NC(C)=O)n2)C1. The van der Waals surface area contributed by atoms with Crippen LogP contribution in [-0.4, -0.2) is 42.0 Å². The summed E-state index contributed by atoms with van der Waals surface area (Å²) in [6.07, 6.45) is 2.48. The summed E-state index contributed by atoms with van der Waals surface area (Å²) in [4.78, 5) is 17.8. The Bertz CT molecular complexity index is 407. The summed E-state index contributed by atoms with van der Waals surface area (Å²) in [5, 5.41) is 8.77. The molecule has 0 saturated carbocycles. The van der Waals surface area contributed by atoms with Crippen molar-refractivity contribution in [3.05, 3.63) is 11.1 Å². The van der Waals surface area contributed by atoms with E-state index < -0.39 is 0 Å². The van der Waals surface area contributed by atoms with Gasteiger partial charge in [-0.3, -0.25) is 9.69 Å². The van der Waals surface area contributed by atoms with E-state index in [0.717, 1.165) is 25.3 Å². The highest BCUT2D eigenvalue weighted by Gasteiger charge is 2.19. The van der Waals surface area contributed by atoms with Crippen molar-refractivity contribution in [2.45, 2.75) is 32.4 Å². The largest absolute Gasteiger partial charge is 0.316 e. The topological polar surface area (TPSA) is 57.3 Å². The number of piperidine rings is 1. The second-order valence-electron chi connectivity index (χ2n) is 4.69. The van der Waals surface area contributed by atoms with Crippen molar-refractivity contribution in [3.63, 3.8) is 0 Å². The molecule has 0 aromatic carbocycles. The van der Waals surface area contributed by atoms with E-state index in [-0.39, 0.29) is 5.91 Å². The maximum atomic E-state index is 10.9. The highest BCUT2D eigenvalue weighted by atomic mass is 32.1. The minimum absolute atomic E-state index is 0.0656. The number of amides is 1. The zero-order chi connectivity index (χ0) is 13.0. The second kappa shape index (κ2) is 6.26. The molecule has 0 aliphatic carbocycles. The fraction of sp³-hybridized carbons (Fsp3) is 0.667. The molecule has 1 aliphatic rings. The van der Waals surface area contributed by atoms with Crippen LogP contribution in [0.2, 0.25) is 0 Å². The minimum atomic E-state index is -0.0656. The van der Waals surface area contributed by atoms with E-state index in [2.05, 4.69) is 20.5 Å². The number of carbonyl (C=O) groups excluding carboxylic acids is 1. The lowest BCUT2D eigenvalue weighted by Gasteiger charge is -2.31. The van der Waals surface area contributed by atoms with Crippen LogP contribution < -0.4 is 10.6 Å². The molecule has 1 fully saturated rings. The molecule has 0 radical (unpaired) electrons. The fourth-order valence-electron chi connectivity index (χ4n) is 2.25. The lowest BCUT2D eigenvalue weighted by Crippen LogP contribution is -2.43. The quantitative estimate of drug-likeness (QED) is 0.864. The van der Waals surface area contributed by atoms with Crippen LogP contribution in [0.5, 0.6) is 0 Å². The summed E-state index contributed by atoms with van der Waals surface area (Å²) in [6, 6.07) is 0.590. The van der Waals surface area contributed by atoms with E-state index in [1.807, 2.05) is 12.4 Å². The molecule has 1 aliphatic heterocycles. The van der Waals surface area contributed by atoms with Crippen molar-refractivity contribution in [2.24, 2.45) is 0 Å². The van der Waals surface area contributed by atoms with Gasteiger partial charge in [0.05, 0.1) is 5.69 Å². The molecule has 1 unspecified atom stereocenters. The van der Waals surface area contributed by atoms with Crippen molar-refractivity contribution >= 4 is 22.4 Å². The molecule has 2 rings (SSSR count). The first-order valence-electron chi connectivity index (χ1n) is 6.29. The molecule has 18 heavy (non-hydrogen) atoms. The third-order valence-corrected chi connectivity index (χ3v) is 3.94. The number of likely N-dealkylation sites (tertiary alicyclic amines) is 1. The Labute approximate surface area is 112 Å². The summed E-state index contributed by atoms with van der Waals surface area (Å²) in [5.41, 5.74) is 1.04. The lowest BCUT2D eigenvalue weighted by molar-refractivity contribution is -0.114. The van der Waals surface area contributed by atoms with Crippen LogP contribution >= 0.6 is 11.3 Å². The molecule has 0 bridgehead atoms. The monoisotopic (exact) mass is 268 g/mol. The predicted molar refractivity (Wildman–Crippen MR) is 73.8 cm³/mol. The van der Waals surface area contributed by atoms with Gasteiger partial charge in [0.2, 0.25) is 5.91 Å². The lowest BCUT2D eigenvalue weighted by atomic mass is 10.1. The zero-order valence-corrected chi connectivity index (χ0v) is 11.7. The average Bonchev–Trinajstić information content (AvgIpc) is 2.76. The van der Waals surface area contributed by atoms with Gasteiger partial charge in [0.1, 0.15) is 0 Å². The molecule has 1 atom stereocenters. The van der Waals surface area contributed by atoms with Gasteiger partial charge >= 0.3 is 0 Å². The Morgan fingerprint density at radius 2 is 2.50 bits per heavy atom. The third kappa shape index (κ3) is 3.76. The Morgan fingerprint density at radius 1 is 1.67 bits per heavy atom. The maximum Gasteiger partial charge on any atom is 0.223 e. The van der Waals surface area contributed by atoms with Crippen LogP contribution in [0.4, 0.5) is 5.13 Å². The van der Waals surface area contributed by atoms with E-state index in [1.54, 1.807) is 0 Å². The van der Waals surface area contributed by atoms with Gasteiger partial charge in [0.25, 0.3) is 0 Å². The summed E-state index contributed by atoms with van der Waals surface area (Å²) in [7, 11) is 2.02. The fourth-order valence-corrected chi connectivity index (χ4v) is 3.00. The number of likely N-dealkylation sites (N-methyl/N-ethyl adjacent to an activating group) is 1. The Hall–Kier alpha value is -0.980. The van der Waals surface area contributed by atoms with E-state index >= 15 is 0 Å².